The number of esters is 1. The third-order valence-electron chi connectivity index (χ3n) is 2.02. The van der Waals surface area contributed by atoms with Gasteiger partial charge in [0.2, 0.25) is 0 Å². The van der Waals surface area contributed by atoms with Gasteiger partial charge in [-0.3, -0.25) is 4.79 Å². The van der Waals surface area contributed by atoms with Gasteiger partial charge in [0, 0.05) is 0 Å². The fourth-order valence-electron chi connectivity index (χ4n) is 1.32. The van der Waals surface area contributed by atoms with Crippen molar-refractivity contribution < 1.29 is 23.0 Å². The first-order valence-corrected chi connectivity index (χ1v) is 5.50. The van der Waals surface area contributed by atoms with Gasteiger partial charge >= 0.3 is 12.6 Å². The van der Waals surface area contributed by atoms with E-state index in [-0.39, 0.29) is 29.5 Å². The highest BCUT2D eigenvalue weighted by Gasteiger charge is 2.14. The Hall–Kier alpha value is -1.56. The summed E-state index contributed by atoms with van der Waals surface area (Å²) in [5.74, 6) is -0.738. The number of hydrogen-bond acceptors (Lipinski definition) is 4. The summed E-state index contributed by atoms with van der Waals surface area (Å²) in [6.45, 7) is -1.11. The molecule has 0 saturated carbocycles. The molecule has 0 fully saturated rings. The Balaban J connectivity index is 2.93. The minimum Gasteiger partial charge on any atom is -0.466 e. The van der Waals surface area contributed by atoms with E-state index < -0.39 is 12.6 Å². The highest BCUT2D eigenvalue weighted by atomic mass is 35.5. The predicted molar refractivity (Wildman–Crippen MR) is 62.8 cm³/mol. The number of benzene rings is 1. The van der Waals surface area contributed by atoms with Crippen molar-refractivity contribution in [2.45, 2.75) is 20.0 Å². The van der Waals surface area contributed by atoms with Crippen molar-refractivity contribution in [2.24, 2.45) is 0 Å². The molecule has 0 heterocycles. The van der Waals surface area contributed by atoms with Gasteiger partial charge in [0.05, 0.1) is 23.7 Å². The van der Waals surface area contributed by atoms with Crippen molar-refractivity contribution in [3.63, 3.8) is 0 Å². The van der Waals surface area contributed by atoms with Crippen molar-refractivity contribution >= 4 is 23.3 Å². The Morgan fingerprint density at radius 1 is 1.50 bits per heavy atom. The van der Waals surface area contributed by atoms with Crippen LogP contribution in [0, 0.1) is 0 Å². The Morgan fingerprint density at radius 2 is 2.17 bits per heavy atom. The molecule has 7 heteroatoms. The number of hydrogen-bond donors (Lipinski definition) is 1. The molecule has 0 bridgehead atoms. The molecule has 18 heavy (non-hydrogen) atoms. The molecular formula is C11H12ClF2NO3. The van der Waals surface area contributed by atoms with Gasteiger partial charge in [-0.05, 0) is 24.6 Å². The second-order valence-corrected chi connectivity index (χ2v) is 3.76. The molecule has 100 valence electrons. The van der Waals surface area contributed by atoms with E-state index in [1.54, 1.807) is 6.92 Å². The van der Waals surface area contributed by atoms with E-state index in [1.807, 2.05) is 0 Å². The fourth-order valence-corrected chi connectivity index (χ4v) is 1.55. The number of carbonyl (C=O) groups is 1. The molecule has 0 aliphatic rings. The van der Waals surface area contributed by atoms with Gasteiger partial charge in [-0.25, -0.2) is 0 Å². The molecule has 0 aliphatic heterocycles. The Morgan fingerprint density at radius 3 is 2.72 bits per heavy atom. The zero-order valence-corrected chi connectivity index (χ0v) is 10.3. The van der Waals surface area contributed by atoms with Crippen LogP contribution < -0.4 is 10.5 Å². The van der Waals surface area contributed by atoms with Crippen LogP contribution in [0.25, 0.3) is 0 Å². The van der Waals surface area contributed by atoms with Gasteiger partial charge in [0.25, 0.3) is 0 Å². The highest BCUT2D eigenvalue weighted by Crippen LogP contribution is 2.32. The molecule has 1 rings (SSSR count). The van der Waals surface area contributed by atoms with Crippen molar-refractivity contribution in [1.82, 2.24) is 0 Å². The van der Waals surface area contributed by atoms with Gasteiger partial charge < -0.3 is 15.2 Å². The highest BCUT2D eigenvalue weighted by molar-refractivity contribution is 6.33. The Labute approximate surface area is 108 Å². The topological polar surface area (TPSA) is 61.5 Å². The summed E-state index contributed by atoms with van der Waals surface area (Å²) in [6, 6.07) is 2.65. The molecule has 0 unspecified atom stereocenters. The van der Waals surface area contributed by atoms with Crippen molar-refractivity contribution in [1.29, 1.82) is 0 Å². The number of carbonyl (C=O) groups excluding carboxylic acids is 1. The van der Waals surface area contributed by atoms with Crippen LogP contribution in [0.5, 0.6) is 5.75 Å². The van der Waals surface area contributed by atoms with E-state index >= 15 is 0 Å². The maximum absolute atomic E-state index is 12.1. The molecule has 0 saturated heterocycles. The van der Waals surface area contributed by atoms with Crippen molar-refractivity contribution in [2.75, 3.05) is 12.3 Å². The number of anilines is 1. The Bertz CT molecular complexity index is 441. The van der Waals surface area contributed by atoms with Gasteiger partial charge in [0.15, 0.2) is 5.75 Å². The fraction of sp³-hybridized carbons (Fsp3) is 0.364. The first-order chi connectivity index (χ1) is 8.43. The number of alkyl halides is 2. The molecule has 0 amide bonds. The first-order valence-electron chi connectivity index (χ1n) is 5.12. The van der Waals surface area contributed by atoms with Crippen LogP contribution >= 0.6 is 11.6 Å². The number of nitrogens with two attached hydrogens (primary N) is 1. The quantitative estimate of drug-likeness (QED) is 0.665. The average molecular weight is 280 g/mol. The average Bonchev–Trinajstić information content (AvgIpc) is 2.24. The molecule has 0 aromatic heterocycles. The largest absolute Gasteiger partial charge is 0.466 e. The van der Waals surface area contributed by atoms with Crippen LogP contribution in [0.15, 0.2) is 12.1 Å². The van der Waals surface area contributed by atoms with Crippen molar-refractivity contribution in [3.8, 4) is 5.75 Å². The monoisotopic (exact) mass is 279 g/mol. The van der Waals surface area contributed by atoms with E-state index in [4.69, 9.17) is 22.1 Å². The molecule has 1 aromatic carbocycles. The molecule has 4 nitrogen and oxygen atoms in total. The lowest BCUT2D eigenvalue weighted by Gasteiger charge is -2.11. The lowest BCUT2D eigenvalue weighted by molar-refractivity contribution is -0.142. The van der Waals surface area contributed by atoms with Crippen LogP contribution in [-0.4, -0.2) is 19.2 Å². The van der Waals surface area contributed by atoms with E-state index in [0.29, 0.717) is 5.56 Å². The number of halogens is 3. The predicted octanol–water partition coefficient (Wildman–Crippen LogP) is 2.63. The van der Waals surface area contributed by atoms with Gasteiger partial charge in [-0.2, -0.15) is 8.78 Å². The number of rotatable bonds is 5. The van der Waals surface area contributed by atoms with E-state index in [9.17, 15) is 13.6 Å². The maximum atomic E-state index is 12.1. The van der Waals surface area contributed by atoms with E-state index in [2.05, 4.69) is 4.74 Å². The van der Waals surface area contributed by atoms with Crippen LogP contribution in [0.1, 0.15) is 12.5 Å². The summed E-state index contributed by atoms with van der Waals surface area (Å²) in [5, 5.41) is 0.0486. The standard InChI is InChI=1S/C11H12ClF2NO3/c1-2-17-9(16)5-6-3-7(12)10(15)8(4-6)18-11(13)14/h3-4,11H,2,5,15H2,1H3. The van der Waals surface area contributed by atoms with Crippen LogP contribution in [0.4, 0.5) is 14.5 Å². The molecule has 0 atom stereocenters. The van der Waals surface area contributed by atoms with E-state index in [1.165, 1.54) is 12.1 Å². The molecule has 1 aromatic rings. The Kier molecular flexibility index (Phi) is 5.15. The van der Waals surface area contributed by atoms with Gasteiger partial charge in [0.1, 0.15) is 0 Å². The molecule has 0 spiro atoms. The molecule has 2 N–H and O–H groups in total. The second-order valence-electron chi connectivity index (χ2n) is 3.35. The van der Waals surface area contributed by atoms with E-state index in [0.717, 1.165) is 0 Å². The number of ether oxygens (including phenoxy) is 2. The summed E-state index contributed by atoms with van der Waals surface area (Å²) in [6.07, 6.45) is -0.0898. The zero-order valence-electron chi connectivity index (χ0n) is 9.58. The summed E-state index contributed by atoms with van der Waals surface area (Å²) >= 11 is 5.76. The van der Waals surface area contributed by atoms with Crippen LogP contribution in [0.3, 0.4) is 0 Å². The zero-order chi connectivity index (χ0) is 13.7. The molecule has 0 radical (unpaired) electrons. The van der Waals surface area contributed by atoms with Crippen LogP contribution in [0.2, 0.25) is 5.02 Å². The van der Waals surface area contributed by atoms with Gasteiger partial charge in [-0.1, -0.05) is 11.6 Å². The first kappa shape index (κ1) is 14.5. The minimum atomic E-state index is -3.01. The smallest absolute Gasteiger partial charge is 0.387 e. The van der Waals surface area contributed by atoms with Crippen LogP contribution in [-0.2, 0) is 16.0 Å². The lowest BCUT2D eigenvalue weighted by atomic mass is 10.1. The third kappa shape index (κ3) is 4.03. The maximum Gasteiger partial charge on any atom is 0.387 e. The molecule has 0 aliphatic carbocycles. The number of nitrogen functional groups attached to an aromatic ring is 1. The van der Waals surface area contributed by atoms with Gasteiger partial charge in [-0.15, -0.1) is 0 Å². The summed E-state index contributed by atoms with van der Waals surface area (Å²) in [7, 11) is 0. The SMILES string of the molecule is CCOC(=O)Cc1cc(Cl)c(N)c(OC(F)F)c1. The minimum absolute atomic E-state index is 0.0486. The molecular weight excluding hydrogens is 268 g/mol. The lowest BCUT2D eigenvalue weighted by Crippen LogP contribution is -2.09. The van der Waals surface area contributed by atoms with Crippen molar-refractivity contribution in [3.05, 3.63) is 22.7 Å². The summed E-state index contributed by atoms with van der Waals surface area (Å²) in [5.41, 5.74) is 5.78. The summed E-state index contributed by atoms with van der Waals surface area (Å²) < 4.78 is 33.2. The normalized spacial score (nSPS) is 10.5. The second kappa shape index (κ2) is 6.39. The summed E-state index contributed by atoms with van der Waals surface area (Å²) in [4.78, 5) is 11.3. The third-order valence-corrected chi connectivity index (χ3v) is 2.33.